The minimum absolute atomic E-state index is 0.0232. The number of benzene rings is 2. The molecule has 28 heavy (non-hydrogen) atoms. The van der Waals surface area contributed by atoms with Crippen LogP contribution in [0.5, 0.6) is 17.2 Å². The van der Waals surface area contributed by atoms with Crippen LogP contribution in [0.2, 0.25) is 5.02 Å². The first kappa shape index (κ1) is 21.3. The number of carbonyl (C=O) groups excluding carboxylic acids is 2. The molecule has 3 amide bonds. The van der Waals surface area contributed by atoms with Gasteiger partial charge >= 0.3 is 6.03 Å². The lowest BCUT2D eigenvalue weighted by Gasteiger charge is -2.13. The molecule has 0 aliphatic rings. The lowest BCUT2D eigenvalue weighted by molar-refractivity contribution is -0.121. The van der Waals surface area contributed by atoms with Gasteiger partial charge in [-0.3, -0.25) is 10.1 Å². The first-order chi connectivity index (χ1) is 13.4. The summed E-state index contributed by atoms with van der Waals surface area (Å²) in [5.74, 6) is -0.0676. The van der Waals surface area contributed by atoms with Crippen molar-refractivity contribution in [3.05, 3.63) is 47.2 Å². The topological polar surface area (TPSA) is 85.9 Å². The molecule has 0 bridgehead atoms. The maximum Gasteiger partial charge on any atom is 0.325 e. The van der Waals surface area contributed by atoms with Crippen LogP contribution in [0.4, 0.5) is 14.9 Å². The highest BCUT2D eigenvalue weighted by Gasteiger charge is 2.12. The highest BCUT2D eigenvalue weighted by atomic mass is 35.5. The fraction of sp³-hybridized carbons (Fsp3) is 0.263. The number of anilines is 1. The van der Waals surface area contributed by atoms with E-state index in [0.717, 1.165) is 12.1 Å². The third kappa shape index (κ3) is 6.31. The maximum atomic E-state index is 13.0. The maximum absolute atomic E-state index is 13.0. The van der Waals surface area contributed by atoms with Crippen molar-refractivity contribution in [2.75, 3.05) is 25.1 Å². The van der Waals surface area contributed by atoms with Gasteiger partial charge < -0.3 is 19.5 Å². The lowest BCUT2D eigenvalue weighted by atomic mass is 10.2. The van der Waals surface area contributed by atoms with E-state index in [2.05, 4.69) is 10.6 Å². The number of rotatable bonds is 8. The average molecular weight is 411 g/mol. The van der Waals surface area contributed by atoms with Crippen LogP contribution in [0.3, 0.4) is 0 Å². The molecule has 0 spiro atoms. The van der Waals surface area contributed by atoms with Gasteiger partial charge in [0.2, 0.25) is 0 Å². The fourth-order valence-corrected chi connectivity index (χ4v) is 2.41. The molecule has 0 fully saturated rings. The zero-order valence-electron chi connectivity index (χ0n) is 15.4. The average Bonchev–Trinajstić information content (AvgIpc) is 2.63. The van der Waals surface area contributed by atoms with Gasteiger partial charge in [-0.1, -0.05) is 11.6 Å². The first-order valence-electron chi connectivity index (χ1n) is 8.51. The van der Waals surface area contributed by atoms with Crippen molar-refractivity contribution in [2.24, 2.45) is 0 Å². The van der Waals surface area contributed by atoms with Crippen molar-refractivity contribution in [2.45, 2.75) is 13.8 Å². The molecule has 2 N–H and O–H groups in total. The van der Waals surface area contributed by atoms with Gasteiger partial charge in [0.15, 0.2) is 18.1 Å². The Labute approximate surface area is 166 Å². The highest BCUT2D eigenvalue weighted by molar-refractivity contribution is 6.32. The number of hydrogen-bond donors (Lipinski definition) is 2. The number of halogens is 2. The van der Waals surface area contributed by atoms with Gasteiger partial charge in [0, 0.05) is 11.8 Å². The molecule has 2 aromatic carbocycles. The van der Waals surface area contributed by atoms with Crippen LogP contribution in [-0.4, -0.2) is 31.8 Å². The van der Waals surface area contributed by atoms with Crippen LogP contribution >= 0.6 is 11.6 Å². The van der Waals surface area contributed by atoms with E-state index < -0.39 is 24.4 Å². The Morgan fingerprint density at radius 1 is 0.964 bits per heavy atom. The fourth-order valence-electron chi connectivity index (χ4n) is 2.19. The van der Waals surface area contributed by atoms with Gasteiger partial charge in [-0.15, -0.1) is 0 Å². The third-order valence-electron chi connectivity index (χ3n) is 3.31. The van der Waals surface area contributed by atoms with Crippen LogP contribution in [0, 0.1) is 5.82 Å². The van der Waals surface area contributed by atoms with Crippen LogP contribution in [0.25, 0.3) is 0 Å². The van der Waals surface area contributed by atoms with Crippen molar-refractivity contribution >= 4 is 29.2 Å². The van der Waals surface area contributed by atoms with Crippen LogP contribution in [0.15, 0.2) is 36.4 Å². The van der Waals surface area contributed by atoms with Crippen molar-refractivity contribution in [1.29, 1.82) is 0 Å². The van der Waals surface area contributed by atoms with Crippen molar-refractivity contribution < 1.29 is 28.2 Å². The SMILES string of the molecule is CCOc1ccc(NC(=O)NC(=O)COc2ccc(F)cc2Cl)cc1OCC. The number of imide groups is 1. The molecule has 0 saturated heterocycles. The summed E-state index contributed by atoms with van der Waals surface area (Å²) in [6.45, 7) is 4.11. The predicted molar refractivity (Wildman–Crippen MR) is 103 cm³/mol. The van der Waals surface area contributed by atoms with Crippen molar-refractivity contribution in [1.82, 2.24) is 5.32 Å². The summed E-state index contributed by atoms with van der Waals surface area (Å²) in [5.41, 5.74) is 0.416. The quantitative estimate of drug-likeness (QED) is 0.686. The molecule has 0 heterocycles. The van der Waals surface area contributed by atoms with Gasteiger partial charge in [0.05, 0.1) is 18.2 Å². The van der Waals surface area contributed by atoms with Gasteiger partial charge in [0.25, 0.3) is 5.91 Å². The molecule has 0 radical (unpaired) electrons. The van der Waals surface area contributed by atoms with Crippen molar-refractivity contribution in [3.63, 3.8) is 0 Å². The molecule has 0 aliphatic heterocycles. The second kappa shape index (κ2) is 10.4. The molecule has 0 saturated carbocycles. The van der Waals surface area contributed by atoms with E-state index in [1.54, 1.807) is 18.2 Å². The van der Waals surface area contributed by atoms with Gasteiger partial charge in [-0.05, 0) is 44.2 Å². The summed E-state index contributed by atoms with van der Waals surface area (Å²) in [7, 11) is 0. The molecule has 0 aliphatic carbocycles. The van der Waals surface area contributed by atoms with Crippen LogP contribution < -0.4 is 24.8 Å². The lowest BCUT2D eigenvalue weighted by Crippen LogP contribution is -2.37. The summed E-state index contributed by atoms with van der Waals surface area (Å²) >= 11 is 5.80. The van der Waals surface area contributed by atoms with E-state index in [1.165, 1.54) is 6.07 Å². The number of amides is 3. The number of hydrogen-bond acceptors (Lipinski definition) is 5. The number of carbonyl (C=O) groups is 2. The van der Waals surface area contributed by atoms with E-state index in [1.807, 2.05) is 13.8 Å². The Bertz CT molecular complexity index is 847. The van der Waals surface area contributed by atoms with Gasteiger partial charge in [-0.2, -0.15) is 0 Å². The van der Waals surface area contributed by atoms with Crippen molar-refractivity contribution in [3.8, 4) is 17.2 Å². The highest BCUT2D eigenvalue weighted by Crippen LogP contribution is 2.30. The van der Waals surface area contributed by atoms with Crippen LogP contribution in [-0.2, 0) is 4.79 Å². The Morgan fingerprint density at radius 2 is 1.64 bits per heavy atom. The molecule has 0 atom stereocenters. The summed E-state index contributed by atoms with van der Waals surface area (Å²) in [6, 6.07) is 7.62. The Balaban J connectivity index is 1.90. The third-order valence-corrected chi connectivity index (χ3v) is 3.60. The largest absolute Gasteiger partial charge is 0.490 e. The van der Waals surface area contributed by atoms with Crippen LogP contribution in [0.1, 0.15) is 13.8 Å². The second-order valence-corrected chi connectivity index (χ2v) is 5.80. The minimum atomic E-state index is -0.745. The Hall–Kier alpha value is -3.00. The Kier molecular flexibility index (Phi) is 7.88. The summed E-state index contributed by atoms with van der Waals surface area (Å²) in [6.07, 6.45) is 0. The zero-order valence-corrected chi connectivity index (χ0v) is 16.1. The molecule has 2 aromatic rings. The molecule has 0 unspecified atom stereocenters. The standard InChI is InChI=1S/C19H20ClFN2O5/c1-3-26-16-8-6-13(10-17(16)27-4-2)22-19(25)23-18(24)11-28-15-7-5-12(21)9-14(15)20/h5-10H,3-4,11H2,1-2H3,(H2,22,23,24,25). The molecule has 150 valence electrons. The molecule has 2 rings (SSSR count). The van der Waals surface area contributed by atoms with E-state index in [-0.39, 0.29) is 10.8 Å². The van der Waals surface area contributed by atoms with Gasteiger partial charge in [0.1, 0.15) is 11.6 Å². The first-order valence-corrected chi connectivity index (χ1v) is 8.89. The summed E-state index contributed by atoms with van der Waals surface area (Å²) in [5, 5.41) is 4.66. The zero-order chi connectivity index (χ0) is 20.5. The van der Waals surface area contributed by atoms with E-state index in [0.29, 0.717) is 30.4 Å². The van der Waals surface area contributed by atoms with E-state index in [4.69, 9.17) is 25.8 Å². The Morgan fingerprint density at radius 3 is 2.32 bits per heavy atom. The summed E-state index contributed by atoms with van der Waals surface area (Å²) < 4.78 is 29.1. The molecule has 9 heteroatoms. The molecular weight excluding hydrogens is 391 g/mol. The molecular formula is C19H20ClFN2O5. The summed E-state index contributed by atoms with van der Waals surface area (Å²) in [4.78, 5) is 23.8. The van der Waals surface area contributed by atoms with E-state index >= 15 is 0 Å². The van der Waals surface area contributed by atoms with E-state index in [9.17, 15) is 14.0 Å². The molecule has 7 nitrogen and oxygen atoms in total. The smallest absolute Gasteiger partial charge is 0.325 e. The number of urea groups is 1. The second-order valence-electron chi connectivity index (χ2n) is 5.39. The van der Waals surface area contributed by atoms with Gasteiger partial charge in [-0.25, -0.2) is 9.18 Å². The number of ether oxygens (including phenoxy) is 3. The minimum Gasteiger partial charge on any atom is -0.490 e. The predicted octanol–water partition coefficient (Wildman–Crippen LogP) is 4.00. The number of nitrogens with one attached hydrogen (secondary N) is 2. The molecule has 0 aromatic heterocycles. The monoisotopic (exact) mass is 410 g/mol. The normalized spacial score (nSPS) is 10.1.